The average molecular weight is 424 g/mol. The van der Waals surface area contributed by atoms with E-state index in [1.807, 2.05) is 4.90 Å². The molecule has 176 valence electrons. The number of rotatable bonds is 2. The van der Waals surface area contributed by atoms with Crippen LogP contribution in [-0.4, -0.2) is 85.0 Å². The number of ether oxygens (including phenoxy) is 3. The molecule has 1 fully saturated rings. The Balaban J connectivity index is -0.000000144. The highest BCUT2D eigenvalue weighted by atomic mass is 16.5. The van der Waals surface area contributed by atoms with Crippen molar-refractivity contribution in [1.82, 2.24) is 15.5 Å². The summed E-state index contributed by atoms with van der Waals surface area (Å²) in [6, 6.07) is 0. The van der Waals surface area contributed by atoms with Crippen molar-refractivity contribution in [1.29, 1.82) is 0 Å². The zero-order valence-electron chi connectivity index (χ0n) is 20.2. The van der Waals surface area contributed by atoms with Crippen molar-refractivity contribution >= 4 is 17.9 Å². The summed E-state index contributed by atoms with van der Waals surface area (Å²) in [4.78, 5) is 32.3. The van der Waals surface area contributed by atoms with Crippen LogP contribution in [0.25, 0.3) is 0 Å². The summed E-state index contributed by atoms with van der Waals surface area (Å²) in [7, 11) is 9.39. The van der Waals surface area contributed by atoms with E-state index in [-0.39, 0.29) is 11.8 Å². The summed E-state index contributed by atoms with van der Waals surface area (Å²) in [5.74, 6) is 1.05. The molecule has 1 rings (SSSR count). The molecular weight excluding hydrogens is 378 g/mol. The lowest BCUT2D eigenvalue weighted by Gasteiger charge is -2.29. The quantitative estimate of drug-likeness (QED) is 0.706. The van der Waals surface area contributed by atoms with Gasteiger partial charge in [0.2, 0.25) is 11.8 Å². The first kappa shape index (κ1) is 34.6. The molecule has 1 aliphatic heterocycles. The lowest BCUT2D eigenvalue weighted by Crippen LogP contribution is -2.36. The molecule has 0 radical (unpaired) electrons. The monoisotopic (exact) mass is 423 g/mol. The van der Waals surface area contributed by atoms with E-state index in [4.69, 9.17) is 4.74 Å². The normalized spacial score (nSPS) is 12.0. The van der Waals surface area contributed by atoms with Gasteiger partial charge in [0, 0.05) is 69.0 Å². The molecule has 0 aliphatic carbocycles. The van der Waals surface area contributed by atoms with Crippen LogP contribution < -0.4 is 10.6 Å². The minimum Gasteiger partial charge on any atom is -0.453 e. The van der Waals surface area contributed by atoms with Gasteiger partial charge in [0.05, 0.1) is 7.11 Å². The predicted molar refractivity (Wildman–Crippen MR) is 117 cm³/mol. The first-order valence-electron chi connectivity index (χ1n) is 9.70. The molecule has 29 heavy (non-hydrogen) atoms. The van der Waals surface area contributed by atoms with E-state index in [1.54, 1.807) is 35.3 Å². The molecule has 2 N–H and O–H groups in total. The van der Waals surface area contributed by atoms with Crippen molar-refractivity contribution in [3.8, 4) is 0 Å². The third-order valence-electron chi connectivity index (χ3n) is 3.38. The van der Waals surface area contributed by atoms with Crippen LogP contribution in [0.3, 0.4) is 0 Å². The highest BCUT2D eigenvalue weighted by molar-refractivity contribution is 5.73. The van der Waals surface area contributed by atoms with E-state index >= 15 is 0 Å². The number of nitrogens with zero attached hydrogens (tertiary/aromatic N) is 1. The summed E-state index contributed by atoms with van der Waals surface area (Å²) < 4.78 is 13.1. The third-order valence-corrected chi connectivity index (χ3v) is 3.38. The van der Waals surface area contributed by atoms with E-state index in [9.17, 15) is 14.4 Å². The summed E-state index contributed by atoms with van der Waals surface area (Å²) >= 11 is 0. The zero-order valence-corrected chi connectivity index (χ0v) is 20.2. The molecule has 0 spiro atoms. The van der Waals surface area contributed by atoms with Gasteiger partial charge in [-0.05, 0) is 25.2 Å². The number of hydrogen-bond donors (Lipinski definition) is 2. The Morgan fingerprint density at radius 1 is 0.966 bits per heavy atom. The number of carbonyl (C=O) groups excluding carboxylic acids is 3. The van der Waals surface area contributed by atoms with Gasteiger partial charge in [0.1, 0.15) is 0 Å². The van der Waals surface area contributed by atoms with Crippen LogP contribution in [-0.2, 0) is 23.8 Å². The van der Waals surface area contributed by atoms with Gasteiger partial charge in [0.25, 0.3) is 0 Å². The first-order valence-corrected chi connectivity index (χ1v) is 9.70. The van der Waals surface area contributed by atoms with Crippen molar-refractivity contribution in [3.63, 3.8) is 0 Å². The van der Waals surface area contributed by atoms with E-state index in [0.29, 0.717) is 0 Å². The number of likely N-dealkylation sites (tertiary alicyclic amines) is 1. The highest BCUT2D eigenvalue weighted by Gasteiger charge is 2.16. The number of carbonyl (C=O) groups is 3. The second kappa shape index (κ2) is 28.3. The van der Waals surface area contributed by atoms with Crippen LogP contribution in [0.1, 0.15) is 47.0 Å². The number of nitrogens with one attached hydrogen (secondary N) is 2. The average Bonchev–Trinajstić information content (AvgIpc) is 2.70. The van der Waals surface area contributed by atoms with E-state index < -0.39 is 6.09 Å². The van der Waals surface area contributed by atoms with E-state index in [1.165, 1.54) is 33.9 Å². The van der Waals surface area contributed by atoms with Gasteiger partial charge < -0.3 is 29.7 Å². The molecule has 9 heteroatoms. The summed E-state index contributed by atoms with van der Waals surface area (Å²) in [5, 5.41) is 4.64. The summed E-state index contributed by atoms with van der Waals surface area (Å²) in [6.45, 7) is 10.3. The summed E-state index contributed by atoms with van der Waals surface area (Å²) in [5.41, 5.74) is 0. The smallest absolute Gasteiger partial charge is 0.406 e. The van der Waals surface area contributed by atoms with Gasteiger partial charge in [-0.25, -0.2) is 4.79 Å². The fraction of sp³-hybridized carbons (Fsp3) is 0.850. The zero-order chi connectivity index (χ0) is 23.7. The maximum absolute atomic E-state index is 10.8. The number of methoxy groups -OCH3 is 3. The van der Waals surface area contributed by atoms with Crippen LogP contribution in [0.2, 0.25) is 0 Å². The standard InChI is InChI=1S/C8H15NO.C4H10O.C3H7NO2.C3H7NO.C2H6O/c1-7-3-5-9(6-4-7)8(2)10;1-3-4-5-2;1-4-3(5)6-2;1-3(5)4-2;1-3-2/h7H,3-6H2,1-2H3;3-4H2,1-2H3;1-2H3,(H,4,5);1-2H3,(H,4,5);1-2H3. The number of piperidine rings is 1. The number of alkyl carbamates (subject to hydrolysis) is 1. The van der Waals surface area contributed by atoms with Crippen LogP contribution in [0, 0.1) is 5.92 Å². The fourth-order valence-electron chi connectivity index (χ4n) is 1.63. The predicted octanol–water partition coefficient (Wildman–Crippen LogP) is 2.29. The molecule has 0 atom stereocenters. The lowest BCUT2D eigenvalue weighted by atomic mass is 9.99. The SMILES string of the molecule is CC(=O)N1CCC(C)CC1.CCCOC.CNC(=O)OC.CNC(C)=O.COC. The molecule has 0 saturated carbocycles. The minimum atomic E-state index is -0.407. The van der Waals surface area contributed by atoms with Gasteiger partial charge in [-0.3, -0.25) is 9.59 Å². The molecule has 0 aromatic carbocycles. The summed E-state index contributed by atoms with van der Waals surface area (Å²) in [6.07, 6.45) is 3.07. The molecular formula is C20H45N3O6. The number of amides is 3. The van der Waals surface area contributed by atoms with Gasteiger partial charge in [-0.15, -0.1) is 0 Å². The Bertz CT molecular complexity index is 365. The third kappa shape index (κ3) is 37.5. The number of hydrogen-bond acceptors (Lipinski definition) is 6. The van der Waals surface area contributed by atoms with Gasteiger partial charge in [-0.2, -0.15) is 0 Å². The molecule has 0 aromatic heterocycles. The lowest BCUT2D eigenvalue weighted by molar-refractivity contribution is -0.130. The topological polar surface area (TPSA) is 106 Å². The van der Waals surface area contributed by atoms with Crippen LogP contribution in [0.4, 0.5) is 4.79 Å². The second-order valence-electron chi connectivity index (χ2n) is 6.14. The molecule has 9 nitrogen and oxygen atoms in total. The molecule has 0 unspecified atom stereocenters. The maximum Gasteiger partial charge on any atom is 0.406 e. The van der Waals surface area contributed by atoms with Crippen LogP contribution >= 0.6 is 0 Å². The molecule has 3 amide bonds. The molecule has 0 aromatic rings. The van der Waals surface area contributed by atoms with Crippen molar-refractivity contribution < 1.29 is 28.6 Å². The van der Waals surface area contributed by atoms with Crippen LogP contribution in [0.15, 0.2) is 0 Å². The highest BCUT2D eigenvalue weighted by Crippen LogP contribution is 2.15. The second-order valence-corrected chi connectivity index (χ2v) is 6.14. The Morgan fingerprint density at radius 3 is 1.52 bits per heavy atom. The van der Waals surface area contributed by atoms with Crippen molar-refractivity contribution in [2.24, 2.45) is 5.92 Å². The fourth-order valence-corrected chi connectivity index (χ4v) is 1.63. The Hall–Kier alpha value is -1.87. The minimum absolute atomic E-state index is 0.00463. The molecule has 1 aliphatic rings. The maximum atomic E-state index is 10.8. The first-order chi connectivity index (χ1) is 13.6. The van der Waals surface area contributed by atoms with Gasteiger partial charge in [-0.1, -0.05) is 13.8 Å². The molecule has 1 heterocycles. The van der Waals surface area contributed by atoms with Crippen molar-refractivity contribution in [2.75, 3.05) is 62.2 Å². The van der Waals surface area contributed by atoms with Gasteiger partial charge in [0.15, 0.2) is 0 Å². The largest absolute Gasteiger partial charge is 0.453 e. The van der Waals surface area contributed by atoms with Gasteiger partial charge >= 0.3 is 6.09 Å². The molecule has 1 saturated heterocycles. The molecule has 0 bridgehead atoms. The van der Waals surface area contributed by atoms with E-state index in [2.05, 4.69) is 34.0 Å². The Labute approximate surface area is 177 Å². The van der Waals surface area contributed by atoms with E-state index in [0.717, 1.165) is 32.0 Å². The Morgan fingerprint density at radius 2 is 1.38 bits per heavy atom. The Kier molecular flexibility index (Phi) is 33.8. The van der Waals surface area contributed by atoms with Crippen LogP contribution in [0.5, 0.6) is 0 Å². The van der Waals surface area contributed by atoms with Crippen molar-refractivity contribution in [2.45, 2.75) is 47.0 Å². The van der Waals surface area contributed by atoms with Crippen molar-refractivity contribution in [3.05, 3.63) is 0 Å².